The Balaban J connectivity index is 2.00. The number of halogens is 1. The van der Waals surface area contributed by atoms with Gasteiger partial charge in [0.05, 0.1) is 11.3 Å². The molecule has 0 unspecified atom stereocenters. The summed E-state index contributed by atoms with van der Waals surface area (Å²) in [6, 6.07) is 9.55. The predicted molar refractivity (Wildman–Crippen MR) is 79.4 cm³/mol. The van der Waals surface area contributed by atoms with Gasteiger partial charge in [0.25, 0.3) is 0 Å². The zero-order chi connectivity index (χ0) is 15.2. The van der Waals surface area contributed by atoms with Gasteiger partial charge in [-0.25, -0.2) is 9.37 Å². The van der Waals surface area contributed by atoms with Crippen LogP contribution in [-0.2, 0) is 4.79 Å². The van der Waals surface area contributed by atoms with E-state index in [4.69, 9.17) is 5.26 Å². The number of carbonyl (C=O) groups excluding carboxylic acids is 1. The van der Waals surface area contributed by atoms with Crippen LogP contribution in [0.4, 0.5) is 10.1 Å². The van der Waals surface area contributed by atoms with E-state index in [1.54, 1.807) is 31.3 Å². The molecule has 0 saturated heterocycles. The molecule has 0 radical (unpaired) electrons. The Bertz CT molecular complexity index is 712. The van der Waals surface area contributed by atoms with Crippen LogP contribution in [-0.4, -0.2) is 16.6 Å². The third-order valence-corrected chi connectivity index (χ3v) is 3.71. The van der Waals surface area contributed by atoms with Crippen LogP contribution in [0.5, 0.6) is 0 Å². The Morgan fingerprint density at radius 1 is 1.48 bits per heavy atom. The van der Waals surface area contributed by atoms with Crippen molar-refractivity contribution in [2.45, 2.75) is 11.9 Å². The van der Waals surface area contributed by atoms with Crippen molar-refractivity contribution in [3.63, 3.8) is 0 Å². The highest BCUT2D eigenvalue weighted by atomic mass is 32.2. The van der Waals surface area contributed by atoms with Gasteiger partial charge in [0.15, 0.2) is 0 Å². The summed E-state index contributed by atoms with van der Waals surface area (Å²) in [5.74, 6) is -0.579. The number of benzene rings is 1. The molecule has 0 spiro atoms. The number of anilines is 1. The quantitative estimate of drug-likeness (QED) is 0.881. The van der Waals surface area contributed by atoms with E-state index in [0.717, 1.165) is 5.56 Å². The highest BCUT2D eigenvalue weighted by Crippen LogP contribution is 2.20. The van der Waals surface area contributed by atoms with Crippen LogP contribution in [0.1, 0.15) is 11.1 Å². The first kappa shape index (κ1) is 15.0. The molecule has 1 heterocycles. The smallest absolute Gasteiger partial charge is 0.234 e. The monoisotopic (exact) mass is 301 g/mol. The summed E-state index contributed by atoms with van der Waals surface area (Å²) in [5.41, 5.74) is 1.66. The van der Waals surface area contributed by atoms with Crippen LogP contribution in [0.2, 0.25) is 0 Å². The number of aryl methyl sites for hydroxylation is 1. The lowest BCUT2D eigenvalue weighted by atomic mass is 10.2. The highest BCUT2D eigenvalue weighted by molar-refractivity contribution is 8.00. The summed E-state index contributed by atoms with van der Waals surface area (Å²) in [6.45, 7) is 1.79. The van der Waals surface area contributed by atoms with E-state index in [1.807, 2.05) is 6.07 Å². The SMILES string of the molecule is Cc1ccc(F)cc1NC(=O)CSc1ncccc1C#N. The van der Waals surface area contributed by atoms with E-state index >= 15 is 0 Å². The second-order valence-corrected chi connectivity index (χ2v) is 5.23. The molecule has 0 atom stereocenters. The Labute approximate surface area is 126 Å². The van der Waals surface area contributed by atoms with Crippen molar-refractivity contribution in [2.75, 3.05) is 11.1 Å². The molecule has 4 nitrogen and oxygen atoms in total. The van der Waals surface area contributed by atoms with Crippen molar-refractivity contribution in [3.05, 3.63) is 53.5 Å². The molecule has 21 heavy (non-hydrogen) atoms. The van der Waals surface area contributed by atoms with Gasteiger partial charge in [-0.3, -0.25) is 4.79 Å². The van der Waals surface area contributed by atoms with Gasteiger partial charge in [-0.1, -0.05) is 17.8 Å². The zero-order valence-electron chi connectivity index (χ0n) is 11.3. The number of amides is 1. The third kappa shape index (κ3) is 4.04. The number of pyridine rings is 1. The van der Waals surface area contributed by atoms with Gasteiger partial charge in [-0.15, -0.1) is 0 Å². The Kier molecular flexibility index (Phi) is 4.90. The average Bonchev–Trinajstić information content (AvgIpc) is 2.49. The van der Waals surface area contributed by atoms with Crippen molar-refractivity contribution in [1.29, 1.82) is 5.26 Å². The minimum atomic E-state index is -0.403. The van der Waals surface area contributed by atoms with Gasteiger partial charge < -0.3 is 5.32 Å². The van der Waals surface area contributed by atoms with Gasteiger partial charge in [0.1, 0.15) is 16.9 Å². The fourth-order valence-electron chi connectivity index (χ4n) is 1.64. The fraction of sp³-hybridized carbons (Fsp3) is 0.133. The lowest BCUT2D eigenvalue weighted by molar-refractivity contribution is -0.113. The highest BCUT2D eigenvalue weighted by Gasteiger charge is 2.09. The maximum atomic E-state index is 13.1. The Morgan fingerprint density at radius 3 is 3.05 bits per heavy atom. The number of hydrogen-bond acceptors (Lipinski definition) is 4. The lowest BCUT2D eigenvalue weighted by Crippen LogP contribution is -2.15. The minimum absolute atomic E-state index is 0.0989. The van der Waals surface area contributed by atoms with E-state index < -0.39 is 5.82 Å². The predicted octanol–water partition coefficient (Wildman–Crippen LogP) is 3.13. The number of carbonyl (C=O) groups is 1. The average molecular weight is 301 g/mol. The minimum Gasteiger partial charge on any atom is -0.325 e. The topological polar surface area (TPSA) is 65.8 Å². The molecule has 0 saturated carbocycles. The summed E-state index contributed by atoms with van der Waals surface area (Å²) in [6.07, 6.45) is 1.57. The van der Waals surface area contributed by atoms with Gasteiger partial charge in [-0.05, 0) is 36.8 Å². The molecule has 1 aromatic carbocycles. The Morgan fingerprint density at radius 2 is 2.29 bits per heavy atom. The van der Waals surface area contributed by atoms with Crippen molar-refractivity contribution in [1.82, 2.24) is 4.98 Å². The molecule has 1 N–H and O–H groups in total. The number of nitrogens with zero attached hydrogens (tertiary/aromatic N) is 2. The number of hydrogen-bond donors (Lipinski definition) is 1. The van der Waals surface area contributed by atoms with Crippen LogP contribution in [0.25, 0.3) is 0 Å². The maximum Gasteiger partial charge on any atom is 0.234 e. The van der Waals surface area contributed by atoms with Crippen molar-refractivity contribution < 1.29 is 9.18 Å². The maximum absolute atomic E-state index is 13.1. The second-order valence-electron chi connectivity index (χ2n) is 4.26. The largest absolute Gasteiger partial charge is 0.325 e. The first-order valence-electron chi connectivity index (χ1n) is 6.14. The standard InChI is InChI=1S/C15H12FN3OS/c1-10-4-5-12(16)7-13(10)19-14(20)9-21-15-11(8-17)3-2-6-18-15/h2-7H,9H2,1H3,(H,19,20). The number of nitrogens with one attached hydrogen (secondary N) is 1. The van der Waals surface area contributed by atoms with E-state index in [0.29, 0.717) is 16.3 Å². The number of aromatic nitrogens is 1. The molecule has 6 heteroatoms. The molecular weight excluding hydrogens is 289 g/mol. The number of nitriles is 1. The number of thioether (sulfide) groups is 1. The van der Waals surface area contributed by atoms with E-state index in [-0.39, 0.29) is 11.7 Å². The summed E-state index contributed by atoms with van der Waals surface area (Å²) >= 11 is 1.17. The van der Waals surface area contributed by atoms with Gasteiger partial charge in [-0.2, -0.15) is 5.26 Å². The number of rotatable bonds is 4. The van der Waals surface area contributed by atoms with E-state index in [9.17, 15) is 9.18 Å². The molecule has 0 aliphatic carbocycles. The Hall–Kier alpha value is -2.39. The van der Waals surface area contributed by atoms with Gasteiger partial charge >= 0.3 is 0 Å². The molecule has 0 fully saturated rings. The van der Waals surface area contributed by atoms with E-state index in [1.165, 1.54) is 23.9 Å². The fourth-order valence-corrected chi connectivity index (χ4v) is 2.38. The second kappa shape index (κ2) is 6.86. The first-order chi connectivity index (χ1) is 10.1. The van der Waals surface area contributed by atoms with E-state index in [2.05, 4.69) is 10.3 Å². The molecule has 0 bridgehead atoms. The normalized spacial score (nSPS) is 9.95. The van der Waals surface area contributed by atoms with Crippen LogP contribution in [0, 0.1) is 24.1 Å². The lowest BCUT2D eigenvalue weighted by Gasteiger charge is -2.08. The van der Waals surface area contributed by atoms with Crippen LogP contribution < -0.4 is 5.32 Å². The molecule has 1 aromatic heterocycles. The van der Waals surface area contributed by atoms with Crippen molar-refractivity contribution in [3.8, 4) is 6.07 Å². The molecule has 2 aromatic rings. The van der Waals surface area contributed by atoms with Crippen LogP contribution in [0.3, 0.4) is 0 Å². The zero-order valence-corrected chi connectivity index (χ0v) is 12.1. The summed E-state index contributed by atoms with van der Waals surface area (Å²) in [4.78, 5) is 15.9. The summed E-state index contributed by atoms with van der Waals surface area (Å²) in [7, 11) is 0. The van der Waals surface area contributed by atoms with Crippen LogP contribution >= 0.6 is 11.8 Å². The first-order valence-corrected chi connectivity index (χ1v) is 7.12. The molecule has 0 aliphatic heterocycles. The van der Waals surface area contributed by atoms with Crippen molar-refractivity contribution >= 4 is 23.4 Å². The summed E-state index contributed by atoms with van der Waals surface area (Å²) < 4.78 is 13.1. The summed E-state index contributed by atoms with van der Waals surface area (Å²) in [5, 5.41) is 12.1. The van der Waals surface area contributed by atoms with Crippen molar-refractivity contribution in [2.24, 2.45) is 0 Å². The van der Waals surface area contributed by atoms with Gasteiger partial charge in [0.2, 0.25) is 5.91 Å². The molecule has 106 valence electrons. The molecule has 1 amide bonds. The molecular formula is C15H12FN3OS. The molecule has 0 aliphatic rings. The third-order valence-electron chi connectivity index (χ3n) is 2.71. The molecule has 2 rings (SSSR count). The van der Waals surface area contributed by atoms with Crippen LogP contribution in [0.15, 0.2) is 41.6 Å². The van der Waals surface area contributed by atoms with Gasteiger partial charge in [0, 0.05) is 11.9 Å².